The number of aliphatic carboxylic acids is 1. The third kappa shape index (κ3) is 4.11. The van der Waals surface area contributed by atoms with Crippen LogP contribution in [0.25, 0.3) is 0 Å². The zero-order valence-electron chi connectivity index (χ0n) is 11.9. The van der Waals surface area contributed by atoms with Crippen LogP contribution in [0.2, 0.25) is 5.02 Å². The number of nitrogens with one attached hydrogen (secondary N) is 1. The number of carboxylic acids is 1. The second-order valence-electron chi connectivity index (χ2n) is 5.66. The number of urea groups is 1. The summed E-state index contributed by atoms with van der Waals surface area (Å²) in [7, 11) is 0. The van der Waals surface area contributed by atoms with E-state index in [1.807, 2.05) is 6.92 Å². The molecule has 0 aromatic heterocycles. The maximum absolute atomic E-state index is 12.5. The maximum atomic E-state index is 12.5. The van der Waals surface area contributed by atoms with Crippen molar-refractivity contribution in [3.63, 3.8) is 0 Å². The topological polar surface area (TPSA) is 69.6 Å². The van der Waals surface area contributed by atoms with E-state index in [0.717, 1.165) is 25.7 Å². The van der Waals surface area contributed by atoms with Crippen molar-refractivity contribution in [3.05, 3.63) is 29.3 Å². The van der Waals surface area contributed by atoms with Gasteiger partial charge < -0.3 is 10.4 Å². The van der Waals surface area contributed by atoms with Gasteiger partial charge in [-0.15, -0.1) is 0 Å². The van der Waals surface area contributed by atoms with Gasteiger partial charge in [0.05, 0.1) is 0 Å². The number of amides is 2. The van der Waals surface area contributed by atoms with E-state index in [1.165, 1.54) is 4.90 Å². The van der Waals surface area contributed by atoms with Gasteiger partial charge >= 0.3 is 12.0 Å². The van der Waals surface area contributed by atoms with E-state index in [2.05, 4.69) is 5.32 Å². The molecule has 6 heteroatoms. The van der Waals surface area contributed by atoms with Gasteiger partial charge in [0.1, 0.15) is 6.54 Å². The summed E-state index contributed by atoms with van der Waals surface area (Å²) in [5.41, 5.74) is 0.218. The van der Waals surface area contributed by atoms with E-state index in [0.29, 0.717) is 10.7 Å². The van der Waals surface area contributed by atoms with Crippen LogP contribution in [0.15, 0.2) is 24.3 Å². The summed E-state index contributed by atoms with van der Waals surface area (Å²) in [6.45, 7) is 1.59. The summed E-state index contributed by atoms with van der Waals surface area (Å²) in [4.78, 5) is 24.7. The molecule has 1 saturated carbocycles. The van der Waals surface area contributed by atoms with Crippen LogP contribution in [0.5, 0.6) is 0 Å². The van der Waals surface area contributed by atoms with Gasteiger partial charge in [-0.1, -0.05) is 30.5 Å². The third-order valence-corrected chi connectivity index (χ3v) is 4.01. The number of carboxylic acid groups (broad SMARTS) is 1. The number of carbonyl (C=O) groups excluding carboxylic acids is 1. The molecule has 1 fully saturated rings. The number of rotatable bonds is 4. The minimum Gasteiger partial charge on any atom is -0.480 e. The Kier molecular flexibility index (Phi) is 4.73. The highest BCUT2D eigenvalue weighted by Gasteiger charge is 2.32. The number of halogens is 1. The van der Waals surface area contributed by atoms with Gasteiger partial charge in [-0.05, 0) is 38.0 Å². The molecule has 0 saturated heterocycles. The molecule has 0 atom stereocenters. The highest BCUT2D eigenvalue weighted by molar-refractivity contribution is 6.30. The van der Waals surface area contributed by atoms with Gasteiger partial charge in [-0.2, -0.15) is 0 Å². The molecule has 1 aliphatic rings. The van der Waals surface area contributed by atoms with Crippen molar-refractivity contribution < 1.29 is 14.7 Å². The van der Waals surface area contributed by atoms with Gasteiger partial charge in [-0.25, -0.2) is 4.79 Å². The highest BCUT2D eigenvalue weighted by Crippen LogP contribution is 2.29. The lowest BCUT2D eigenvalue weighted by Gasteiger charge is -2.30. The fourth-order valence-electron chi connectivity index (χ4n) is 2.67. The Morgan fingerprint density at radius 2 is 2.05 bits per heavy atom. The number of hydrogen-bond donors (Lipinski definition) is 2. The first-order valence-corrected chi connectivity index (χ1v) is 7.34. The molecule has 114 valence electrons. The van der Waals surface area contributed by atoms with Crippen LogP contribution in [0.3, 0.4) is 0 Å². The molecular weight excluding hydrogens is 292 g/mol. The number of anilines is 1. The molecule has 0 unspecified atom stereocenters. The monoisotopic (exact) mass is 310 g/mol. The Labute approximate surface area is 128 Å². The largest absolute Gasteiger partial charge is 0.480 e. The van der Waals surface area contributed by atoms with E-state index in [-0.39, 0.29) is 5.54 Å². The Hall–Kier alpha value is -1.75. The number of nitrogens with zero attached hydrogens (tertiary/aromatic N) is 1. The van der Waals surface area contributed by atoms with Gasteiger partial charge in [0.15, 0.2) is 0 Å². The second-order valence-corrected chi connectivity index (χ2v) is 6.09. The summed E-state index contributed by atoms with van der Waals surface area (Å²) >= 11 is 5.92. The quantitative estimate of drug-likeness (QED) is 0.896. The lowest BCUT2D eigenvalue weighted by molar-refractivity contribution is -0.135. The zero-order chi connectivity index (χ0) is 15.5. The van der Waals surface area contributed by atoms with Crippen LogP contribution in [-0.2, 0) is 4.79 Å². The van der Waals surface area contributed by atoms with E-state index in [9.17, 15) is 9.59 Å². The standard InChI is InChI=1S/C15H19ClN2O3/c1-15(7-2-3-8-15)17-14(21)18(10-13(19)20)12-6-4-5-11(16)9-12/h4-6,9H,2-3,7-8,10H2,1H3,(H,17,21)(H,19,20). The van der Waals surface area contributed by atoms with Crippen molar-refractivity contribution in [1.82, 2.24) is 5.32 Å². The van der Waals surface area contributed by atoms with Gasteiger partial charge in [0.25, 0.3) is 0 Å². The van der Waals surface area contributed by atoms with Crippen molar-refractivity contribution in [1.29, 1.82) is 0 Å². The molecule has 1 aliphatic carbocycles. The molecule has 1 aromatic carbocycles. The predicted octanol–water partition coefficient (Wildman–Crippen LogP) is 3.27. The molecule has 1 aromatic rings. The van der Waals surface area contributed by atoms with Crippen LogP contribution in [0, 0.1) is 0 Å². The van der Waals surface area contributed by atoms with Crippen LogP contribution in [0.4, 0.5) is 10.5 Å². The number of hydrogen-bond acceptors (Lipinski definition) is 2. The first kappa shape index (κ1) is 15.6. The molecule has 0 spiro atoms. The molecule has 5 nitrogen and oxygen atoms in total. The summed E-state index contributed by atoms with van der Waals surface area (Å²) in [5.74, 6) is -1.07. The fourth-order valence-corrected chi connectivity index (χ4v) is 2.85. The summed E-state index contributed by atoms with van der Waals surface area (Å²) in [6.07, 6.45) is 3.98. The predicted molar refractivity (Wildman–Crippen MR) is 81.8 cm³/mol. The van der Waals surface area contributed by atoms with Crippen molar-refractivity contribution in [2.24, 2.45) is 0 Å². The molecule has 0 radical (unpaired) electrons. The van der Waals surface area contributed by atoms with Gasteiger partial charge in [-0.3, -0.25) is 9.69 Å². The summed E-state index contributed by atoms with van der Waals surface area (Å²) in [6, 6.07) is 6.23. The van der Waals surface area contributed by atoms with E-state index in [1.54, 1.807) is 24.3 Å². The normalized spacial score (nSPS) is 16.5. The molecule has 0 bridgehead atoms. The summed E-state index contributed by atoms with van der Waals surface area (Å²) < 4.78 is 0. The minimum absolute atomic E-state index is 0.258. The molecule has 2 N–H and O–H groups in total. The minimum atomic E-state index is -1.07. The lowest BCUT2D eigenvalue weighted by atomic mass is 10.0. The molecule has 0 aliphatic heterocycles. The van der Waals surface area contributed by atoms with Crippen molar-refractivity contribution >= 4 is 29.3 Å². The van der Waals surface area contributed by atoms with E-state index >= 15 is 0 Å². The Morgan fingerprint density at radius 1 is 1.38 bits per heavy atom. The van der Waals surface area contributed by atoms with Crippen LogP contribution < -0.4 is 10.2 Å². The SMILES string of the molecule is CC1(NC(=O)N(CC(=O)O)c2cccc(Cl)c2)CCCC1. The zero-order valence-corrected chi connectivity index (χ0v) is 12.7. The van der Waals surface area contributed by atoms with Crippen LogP contribution >= 0.6 is 11.6 Å². The Balaban J connectivity index is 2.19. The molecule has 21 heavy (non-hydrogen) atoms. The first-order chi connectivity index (χ1) is 9.89. The van der Waals surface area contributed by atoms with Crippen molar-refractivity contribution in [3.8, 4) is 0 Å². The van der Waals surface area contributed by atoms with Gasteiger partial charge in [0.2, 0.25) is 0 Å². The molecule has 2 amide bonds. The van der Waals surface area contributed by atoms with Crippen LogP contribution in [0.1, 0.15) is 32.6 Å². The van der Waals surface area contributed by atoms with E-state index in [4.69, 9.17) is 16.7 Å². The van der Waals surface area contributed by atoms with Crippen LogP contribution in [-0.4, -0.2) is 29.2 Å². The Bertz CT molecular complexity index is 541. The number of benzene rings is 1. The van der Waals surface area contributed by atoms with E-state index < -0.39 is 18.5 Å². The average molecular weight is 311 g/mol. The lowest BCUT2D eigenvalue weighted by Crippen LogP contribution is -2.51. The molecule has 0 heterocycles. The number of carbonyl (C=O) groups is 2. The van der Waals surface area contributed by atoms with Crippen molar-refractivity contribution in [2.75, 3.05) is 11.4 Å². The average Bonchev–Trinajstić information content (AvgIpc) is 2.82. The molecule has 2 rings (SSSR count). The molecular formula is C15H19ClN2O3. The first-order valence-electron chi connectivity index (χ1n) is 6.97. The third-order valence-electron chi connectivity index (χ3n) is 3.77. The van der Waals surface area contributed by atoms with Gasteiger partial charge in [0, 0.05) is 16.2 Å². The fraction of sp³-hybridized carbons (Fsp3) is 0.467. The smallest absolute Gasteiger partial charge is 0.323 e. The second kappa shape index (κ2) is 6.35. The summed E-state index contributed by atoms with van der Waals surface area (Å²) in [5, 5.41) is 12.5. The maximum Gasteiger partial charge on any atom is 0.323 e. The Morgan fingerprint density at radius 3 is 2.62 bits per heavy atom. The highest BCUT2D eigenvalue weighted by atomic mass is 35.5. The van der Waals surface area contributed by atoms with Crippen molar-refractivity contribution in [2.45, 2.75) is 38.1 Å².